The number of ether oxygens (including phenoxy) is 1. The minimum absolute atomic E-state index is 0.742. The summed E-state index contributed by atoms with van der Waals surface area (Å²) < 4.78 is 5.80. The number of thioether (sulfide) groups is 1. The molecule has 3 nitrogen and oxygen atoms in total. The van der Waals surface area contributed by atoms with E-state index in [2.05, 4.69) is 53.3 Å². The highest BCUT2D eigenvalue weighted by atomic mass is 32.2. The summed E-state index contributed by atoms with van der Waals surface area (Å²) in [5.74, 6) is 3.55. The Bertz CT molecular complexity index is 363. The van der Waals surface area contributed by atoms with Crippen molar-refractivity contribution >= 4 is 11.8 Å². The molecular formula is C15H24N2OS. The number of nitrogens with zero attached hydrogens (tertiary/aromatic N) is 1. The molecule has 0 amide bonds. The smallest absolute Gasteiger partial charge is 0.119 e. The fourth-order valence-electron chi connectivity index (χ4n) is 2.27. The van der Waals surface area contributed by atoms with Crippen molar-refractivity contribution in [2.75, 3.05) is 38.8 Å². The maximum atomic E-state index is 5.80. The van der Waals surface area contributed by atoms with Crippen LogP contribution in [-0.2, 0) is 6.54 Å². The van der Waals surface area contributed by atoms with Crippen LogP contribution in [0, 0.1) is 0 Å². The monoisotopic (exact) mass is 280 g/mol. The van der Waals surface area contributed by atoms with E-state index < -0.39 is 0 Å². The minimum atomic E-state index is 0.742. The van der Waals surface area contributed by atoms with E-state index in [4.69, 9.17) is 4.74 Å². The van der Waals surface area contributed by atoms with Crippen LogP contribution >= 0.6 is 11.8 Å². The third-order valence-corrected chi connectivity index (χ3v) is 4.69. The van der Waals surface area contributed by atoms with E-state index in [0.717, 1.165) is 31.5 Å². The molecule has 1 heterocycles. The Morgan fingerprint density at radius 1 is 1.37 bits per heavy atom. The Kier molecular flexibility index (Phi) is 6.01. The first kappa shape index (κ1) is 14.7. The van der Waals surface area contributed by atoms with Gasteiger partial charge >= 0.3 is 0 Å². The first-order valence-corrected chi connectivity index (χ1v) is 8.09. The highest BCUT2D eigenvalue weighted by Gasteiger charge is 2.19. The summed E-state index contributed by atoms with van der Waals surface area (Å²) in [5, 5.41) is 3.14. The van der Waals surface area contributed by atoms with E-state index in [1.165, 1.54) is 23.5 Å². The fraction of sp³-hybridized carbons (Fsp3) is 0.600. The molecule has 1 N–H and O–H groups in total. The molecule has 1 unspecified atom stereocenters. The molecule has 19 heavy (non-hydrogen) atoms. The standard InChI is InChI=1S/C15H24N2OS/c1-16-11-13-3-5-15(6-4-13)18-9-8-17(2)14-7-10-19-12-14/h3-6,14,16H,7-12H2,1-2H3. The lowest BCUT2D eigenvalue weighted by atomic mass is 10.2. The largest absolute Gasteiger partial charge is 0.492 e. The van der Waals surface area contributed by atoms with Crippen LogP contribution in [-0.4, -0.2) is 49.7 Å². The Hall–Kier alpha value is -0.710. The number of likely N-dealkylation sites (N-methyl/N-ethyl adjacent to an activating group) is 1. The molecular weight excluding hydrogens is 256 g/mol. The molecule has 0 radical (unpaired) electrons. The molecule has 1 fully saturated rings. The molecule has 0 bridgehead atoms. The highest BCUT2D eigenvalue weighted by Crippen LogP contribution is 2.21. The Labute approximate surface area is 120 Å². The van der Waals surface area contributed by atoms with Gasteiger partial charge in [-0.15, -0.1) is 0 Å². The summed E-state index contributed by atoms with van der Waals surface area (Å²) in [4.78, 5) is 2.43. The predicted molar refractivity (Wildman–Crippen MR) is 83.1 cm³/mol. The third kappa shape index (κ3) is 4.71. The van der Waals surface area contributed by atoms with Crippen LogP contribution in [0.25, 0.3) is 0 Å². The maximum absolute atomic E-state index is 5.80. The summed E-state index contributed by atoms with van der Waals surface area (Å²) >= 11 is 2.06. The second-order valence-electron chi connectivity index (χ2n) is 5.02. The van der Waals surface area contributed by atoms with E-state index in [0.29, 0.717) is 0 Å². The second kappa shape index (κ2) is 7.78. The van der Waals surface area contributed by atoms with Crippen molar-refractivity contribution in [2.24, 2.45) is 0 Å². The van der Waals surface area contributed by atoms with Crippen LogP contribution in [0.5, 0.6) is 5.75 Å². The molecule has 1 aromatic rings. The number of hydrogen-bond donors (Lipinski definition) is 1. The van der Waals surface area contributed by atoms with Crippen molar-refractivity contribution in [3.8, 4) is 5.75 Å². The zero-order chi connectivity index (χ0) is 13.5. The third-order valence-electron chi connectivity index (χ3n) is 3.55. The highest BCUT2D eigenvalue weighted by molar-refractivity contribution is 7.99. The molecule has 0 aromatic heterocycles. The molecule has 2 rings (SSSR count). The molecule has 1 aliphatic rings. The fourth-order valence-corrected chi connectivity index (χ4v) is 3.57. The number of nitrogens with one attached hydrogen (secondary N) is 1. The first-order chi connectivity index (χ1) is 9.29. The van der Waals surface area contributed by atoms with Crippen molar-refractivity contribution in [2.45, 2.75) is 19.0 Å². The van der Waals surface area contributed by atoms with Crippen molar-refractivity contribution in [1.82, 2.24) is 10.2 Å². The lowest BCUT2D eigenvalue weighted by Gasteiger charge is -2.23. The Balaban J connectivity index is 1.69. The average molecular weight is 280 g/mol. The van der Waals surface area contributed by atoms with Gasteiger partial charge in [-0.3, -0.25) is 4.90 Å². The maximum Gasteiger partial charge on any atom is 0.119 e. The van der Waals surface area contributed by atoms with E-state index in [1.54, 1.807) is 0 Å². The zero-order valence-corrected chi connectivity index (χ0v) is 12.7. The number of benzene rings is 1. The Morgan fingerprint density at radius 3 is 2.79 bits per heavy atom. The van der Waals surface area contributed by atoms with Gasteiger partial charge in [-0.05, 0) is 44.0 Å². The van der Waals surface area contributed by atoms with Gasteiger partial charge in [-0.2, -0.15) is 11.8 Å². The number of rotatable bonds is 7. The molecule has 0 saturated carbocycles. The molecule has 0 aliphatic carbocycles. The van der Waals surface area contributed by atoms with Crippen molar-refractivity contribution in [3.05, 3.63) is 29.8 Å². The molecule has 4 heteroatoms. The van der Waals surface area contributed by atoms with Gasteiger partial charge in [0.25, 0.3) is 0 Å². The zero-order valence-electron chi connectivity index (χ0n) is 11.9. The summed E-state index contributed by atoms with van der Waals surface area (Å²) in [6.45, 7) is 2.68. The van der Waals surface area contributed by atoms with Crippen LogP contribution in [0.3, 0.4) is 0 Å². The van der Waals surface area contributed by atoms with E-state index in [-0.39, 0.29) is 0 Å². The Morgan fingerprint density at radius 2 is 2.16 bits per heavy atom. The summed E-state index contributed by atoms with van der Waals surface area (Å²) in [7, 11) is 4.16. The van der Waals surface area contributed by atoms with Crippen molar-refractivity contribution in [1.29, 1.82) is 0 Å². The quantitative estimate of drug-likeness (QED) is 0.828. The number of hydrogen-bond acceptors (Lipinski definition) is 4. The van der Waals surface area contributed by atoms with Gasteiger partial charge in [-0.1, -0.05) is 12.1 Å². The second-order valence-corrected chi connectivity index (χ2v) is 6.17. The van der Waals surface area contributed by atoms with Gasteiger partial charge in [-0.25, -0.2) is 0 Å². The van der Waals surface area contributed by atoms with E-state index >= 15 is 0 Å². The van der Waals surface area contributed by atoms with Gasteiger partial charge in [0.1, 0.15) is 12.4 Å². The molecule has 1 aliphatic heterocycles. The summed E-state index contributed by atoms with van der Waals surface area (Å²) in [6, 6.07) is 9.08. The minimum Gasteiger partial charge on any atom is -0.492 e. The lowest BCUT2D eigenvalue weighted by molar-refractivity contribution is 0.202. The SMILES string of the molecule is CNCc1ccc(OCCN(C)C2CCSC2)cc1. The molecule has 0 spiro atoms. The normalized spacial score (nSPS) is 19.0. The molecule has 1 saturated heterocycles. The summed E-state index contributed by atoms with van der Waals surface area (Å²) in [6.07, 6.45) is 1.32. The van der Waals surface area contributed by atoms with Crippen LogP contribution in [0.1, 0.15) is 12.0 Å². The predicted octanol–water partition coefficient (Wildman–Crippen LogP) is 2.22. The molecule has 1 atom stereocenters. The van der Waals surface area contributed by atoms with Crippen molar-refractivity contribution in [3.63, 3.8) is 0 Å². The molecule has 106 valence electrons. The van der Waals surface area contributed by atoms with Crippen LogP contribution in [0.15, 0.2) is 24.3 Å². The van der Waals surface area contributed by atoms with Crippen LogP contribution in [0.2, 0.25) is 0 Å². The van der Waals surface area contributed by atoms with E-state index in [9.17, 15) is 0 Å². The topological polar surface area (TPSA) is 24.5 Å². The lowest BCUT2D eigenvalue weighted by Crippen LogP contribution is -2.34. The van der Waals surface area contributed by atoms with Crippen molar-refractivity contribution < 1.29 is 4.74 Å². The van der Waals surface area contributed by atoms with Gasteiger partial charge in [0.15, 0.2) is 0 Å². The van der Waals surface area contributed by atoms with Gasteiger partial charge in [0.2, 0.25) is 0 Å². The van der Waals surface area contributed by atoms with Gasteiger partial charge in [0.05, 0.1) is 0 Å². The first-order valence-electron chi connectivity index (χ1n) is 6.94. The van der Waals surface area contributed by atoms with Crippen LogP contribution < -0.4 is 10.1 Å². The summed E-state index contributed by atoms with van der Waals surface area (Å²) in [5.41, 5.74) is 1.29. The van der Waals surface area contributed by atoms with Crippen LogP contribution in [0.4, 0.5) is 0 Å². The average Bonchev–Trinajstić information content (AvgIpc) is 2.95. The van der Waals surface area contributed by atoms with Gasteiger partial charge in [0, 0.05) is 24.9 Å². The van der Waals surface area contributed by atoms with Gasteiger partial charge < -0.3 is 10.1 Å². The molecule has 1 aromatic carbocycles. The van der Waals surface area contributed by atoms with E-state index in [1.807, 2.05) is 7.05 Å².